The van der Waals surface area contributed by atoms with Crippen molar-refractivity contribution in [1.82, 2.24) is 4.90 Å². The van der Waals surface area contributed by atoms with E-state index in [1.165, 1.54) is 7.05 Å². The van der Waals surface area contributed by atoms with Crippen LogP contribution in [0.1, 0.15) is 5.76 Å². The van der Waals surface area contributed by atoms with Gasteiger partial charge in [-0.2, -0.15) is 0 Å². The molecule has 0 spiro atoms. The van der Waals surface area contributed by atoms with Gasteiger partial charge in [-0.1, -0.05) is 0 Å². The number of hydrogen-bond donors (Lipinski definition) is 0. The fourth-order valence-electron chi connectivity index (χ4n) is 1.43. The first kappa shape index (κ1) is 13.2. The predicted octanol–water partition coefficient (Wildman–Crippen LogP) is 2.77. The van der Waals surface area contributed by atoms with Crippen LogP contribution >= 0.6 is 27.7 Å². The number of carbonyl (C=O) groups is 2. The SMILES string of the molecule is CN1C(=O)S/C(=C/c2cc(Br)c(N(C)C)o2)C1=O. The molecule has 18 heavy (non-hydrogen) atoms. The highest BCUT2D eigenvalue weighted by molar-refractivity contribution is 9.10. The van der Waals surface area contributed by atoms with Gasteiger partial charge in [0.1, 0.15) is 5.76 Å². The lowest BCUT2D eigenvalue weighted by Gasteiger charge is -2.07. The number of halogens is 1. The molecule has 0 atom stereocenters. The normalized spacial score (nSPS) is 18.0. The molecule has 1 saturated heterocycles. The molecule has 2 amide bonds. The Bertz CT molecular complexity index is 550. The third-order valence-corrected chi connectivity index (χ3v) is 3.88. The first-order valence-electron chi connectivity index (χ1n) is 5.08. The van der Waals surface area contributed by atoms with Crippen LogP contribution < -0.4 is 4.90 Å². The number of carbonyl (C=O) groups excluding carboxylic acids is 2. The molecular formula is C11H11BrN2O3S. The van der Waals surface area contributed by atoms with E-state index >= 15 is 0 Å². The van der Waals surface area contributed by atoms with Crippen LogP contribution in [0.15, 0.2) is 19.9 Å². The Balaban J connectivity index is 2.32. The number of hydrogen-bond acceptors (Lipinski definition) is 5. The lowest BCUT2D eigenvalue weighted by atomic mass is 10.3. The molecule has 0 N–H and O–H groups in total. The highest BCUT2D eigenvalue weighted by Crippen LogP contribution is 2.34. The van der Waals surface area contributed by atoms with Gasteiger partial charge in [0.25, 0.3) is 11.1 Å². The second kappa shape index (κ2) is 4.81. The Morgan fingerprint density at radius 2 is 2.11 bits per heavy atom. The maximum atomic E-state index is 11.7. The summed E-state index contributed by atoms with van der Waals surface area (Å²) in [5.74, 6) is 0.894. The van der Waals surface area contributed by atoms with Gasteiger partial charge in [-0.3, -0.25) is 14.5 Å². The molecule has 0 saturated carbocycles. The minimum absolute atomic E-state index is 0.273. The summed E-state index contributed by atoms with van der Waals surface area (Å²) >= 11 is 4.28. The van der Waals surface area contributed by atoms with Gasteiger partial charge in [0.05, 0.1) is 9.38 Å². The molecule has 1 aromatic rings. The highest BCUT2D eigenvalue weighted by Gasteiger charge is 2.32. The van der Waals surface area contributed by atoms with E-state index in [1.54, 1.807) is 12.1 Å². The van der Waals surface area contributed by atoms with Crippen molar-refractivity contribution >= 4 is 50.8 Å². The lowest BCUT2D eigenvalue weighted by Crippen LogP contribution is -2.22. The van der Waals surface area contributed by atoms with Gasteiger partial charge in [-0.25, -0.2) is 0 Å². The van der Waals surface area contributed by atoms with E-state index in [2.05, 4.69) is 15.9 Å². The zero-order chi connectivity index (χ0) is 13.4. The molecular weight excluding hydrogens is 320 g/mol. The molecule has 5 nitrogen and oxygen atoms in total. The first-order chi connectivity index (χ1) is 8.40. The fraction of sp³-hybridized carbons (Fsp3) is 0.273. The molecule has 96 valence electrons. The molecule has 1 fully saturated rings. The summed E-state index contributed by atoms with van der Waals surface area (Å²) in [5, 5.41) is -0.273. The lowest BCUT2D eigenvalue weighted by molar-refractivity contribution is -0.121. The molecule has 7 heteroatoms. The maximum Gasteiger partial charge on any atom is 0.293 e. The van der Waals surface area contributed by atoms with Crippen LogP contribution in [0.4, 0.5) is 10.7 Å². The van der Waals surface area contributed by atoms with E-state index in [4.69, 9.17) is 4.42 Å². The topological polar surface area (TPSA) is 53.8 Å². The van der Waals surface area contributed by atoms with Crippen molar-refractivity contribution < 1.29 is 14.0 Å². The van der Waals surface area contributed by atoms with E-state index in [-0.39, 0.29) is 11.1 Å². The average Bonchev–Trinajstić information content (AvgIpc) is 2.76. The molecule has 0 bridgehead atoms. The zero-order valence-electron chi connectivity index (χ0n) is 10.1. The Labute approximate surface area is 117 Å². The molecule has 1 aromatic heterocycles. The number of thioether (sulfide) groups is 1. The Morgan fingerprint density at radius 3 is 2.56 bits per heavy atom. The van der Waals surface area contributed by atoms with Crippen LogP contribution in [-0.4, -0.2) is 37.2 Å². The number of nitrogens with zero attached hydrogens (tertiary/aromatic N) is 2. The number of furan rings is 1. The summed E-state index contributed by atoms with van der Waals surface area (Å²) in [6.07, 6.45) is 1.58. The van der Waals surface area contributed by atoms with E-state index in [0.717, 1.165) is 21.1 Å². The quantitative estimate of drug-likeness (QED) is 0.780. The molecule has 2 heterocycles. The van der Waals surface area contributed by atoms with Crippen LogP contribution in [0.2, 0.25) is 0 Å². The van der Waals surface area contributed by atoms with E-state index in [0.29, 0.717) is 16.5 Å². The smallest absolute Gasteiger partial charge is 0.293 e. The summed E-state index contributed by atoms with van der Waals surface area (Å²) in [7, 11) is 5.17. The van der Waals surface area contributed by atoms with Gasteiger partial charge < -0.3 is 9.32 Å². The summed E-state index contributed by atoms with van der Waals surface area (Å²) in [6.45, 7) is 0. The van der Waals surface area contributed by atoms with Crippen LogP contribution in [-0.2, 0) is 4.79 Å². The third kappa shape index (κ3) is 2.32. The van der Waals surface area contributed by atoms with Crippen molar-refractivity contribution in [2.24, 2.45) is 0 Å². The van der Waals surface area contributed by atoms with Gasteiger partial charge in [0.15, 0.2) is 0 Å². The largest absolute Gasteiger partial charge is 0.440 e. The second-order valence-electron chi connectivity index (χ2n) is 3.94. The number of likely N-dealkylation sites (N-methyl/N-ethyl adjacent to an activating group) is 1. The molecule has 2 rings (SSSR count). The third-order valence-electron chi connectivity index (χ3n) is 2.35. The first-order valence-corrected chi connectivity index (χ1v) is 6.69. The molecule has 0 aromatic carbocycles. The van der Waals surface area contributed by atoms with Crippen LogP contribution in [0, 0.1) is 0 Å². The molecule has 0 unspecified atom stereocenters. The van der Waals surface area contributed by atoms with Gasteiger partial charge >= 0.3 is 0 Å². The van der Waals surface area contributed by atoms with Crippen LogP contribution in [0.25, 0.3) is 6.08 Å². The van der Waals surface area contributed by atoms with Gasteiger partial charge in [-0.05, 0) is 27.7 Å². The van der Waals surface area contributed by atoms with Crippen molar-refractivity contribution in [2.45, 2.75) is 0 Å². The van der Waals surface area contributed by atoms with Crippen LogP contribution in [0.5, 0.6) is 0 Å². The molecule has 1 aliphatic rings. The number of imide groups is 1. The van der Waals surface area contributed by atoms with Gasteiger partial charge in [-0.15, -0.1) is 0 Å². The van der Waals surface area contributed by atoms with E-state index in [1.807, 2.05) is 19.0 Å². The summed E-state index contributed by atoms with van der Waals surface area (Å²) in [4.78, 5) is 26.3. The van der Waals surface area contributed by atoms with Crippen molar-refractivity contribution in [1.29, 1.82) is 0 Å². The van der Waals surface area contributed by atoms with Gasteiger partial charge in [0, 0.05) is 33.3 Å². The Kier molecular flexibility index (Phi) is 3.54. The zero-order valence-corrected chi connectivity index (χ0v) is 12.5. The summed E-state index contributed by atoms with van der Waals surface area (Å²) < 4.78 is 6.36. The Morgan fingerprint density at radius 1 is 1.44 bits per heavy atom. The monoisotopic (exact) mass is 330 g/mol. The van der Waals surface area contributed by atoms with Gasteiger partial charge in [0.2, 0.25) is 5.88 Å². The standard InChI is InChI=1S/C11H11BrN2O3S/c1-13(2)10-7(12)4-6(17-10)5-8-9(15)14(3)11(16)18-8/h4-5H,1-3H3/b8-5+. The van der Waals surface area contributed by atoms with Crippen molar-refractivity contribution in [3.8, 4) is 0 Å². The number of amides is 2. The van der Waals surface area contributed by atoms with Crippen LogP contribution in [0.3, 0.4) is 0 Å². The minimum atomic E-state index is -0.302. The molecule has 1 aliphatic heterocycles. The average molecular weight is 331 g/mol. The van der Waals surface area contributed by atoms with Crippen molar-refractivity contribution in [3.63, 3.8) is 0 Å². The van der Waals surface area contributed by atoms with Crippen molar-refractivity contribution in [2.75, 3.05) is 26.0 Å². The second-order valence-corrected chi connectivity index (χ2v) is 5.78. The maximum absolute atomic E-state index is 11.7. The minimum Gasteiger partial charge on any atom is -0.440 e. The summed E-state index contributed by atoms with van der Waals surface area (Å²) in [5.41, 5.74) is 0. The Hall–Kier alpha value is -1.21. The molecule has 0 radical (unpaired) electrons. The highest BCUT2D eigenvalue weighted by atomic mass is 79.9. The molecule has 0 aliphatic carbocycles. The summed E-state index contributed by atoms with van der Waals surface area (Å²) in [6, 6.07) is 1.76. The van der Waals surface area contributed by atoms with E-state index in [9.17, 15) is 9.59 Å². The fourth-order valence-corrected chi connectivity index (χ4v) is 2.90. The van der Waals surface area contributed by atoms with E-state index < -0.39 is 0 Å². The number of anilines is 1. The van der Waals surface area contributed by atoms with Crippen molar-refractivity contribution in [3.05, 3.63) is 21.2 Å². The number of rotatable bonds is 2. The predicted molar refractivity (Wildman–Crippen MR) is 74.5 cm³/mol.